The van der Waals surface area contributed by atoms with Gasteiger partial charge in [0.15, 0.2) is 0 Å². The van der Waals surface area contributed by atoms with Crippen molar-refractivity contribution in [2.24, 2.45) is 5.14 Å². The highest BCUT2D eigenvalue weighted by Crippen LogP contribution is 2.24. The summed E-state index contributed by atoms with van der Waals surface area (Å²) in [6, 6.07) is 6.66. The zero-order chi connectivity index (χ0) is 12.4. The maximum absolute atomic E-state index is 11.4. The third-order valence-electron chi connectivity index (χ3n) is 2.55. The molecule has 0 aliphatic heterocycles. The Kier molecular flexibility index (Phi) is 3.60. The van der Waals surface area contributed by atoms with Crippen LogP contribution < -0.4 is 10.5 Å². The number of hydrogen-bond acceptors (Lipinski definition) is 3. The smallest absolute Gasteiger partial charge is 0.240 e. The largest absolute Gasteiger partial charge is 0.379 e. The molecule has 0 aliphatic carbocycles. The van der Waals surface area contributed by atoms with E-state index in [1.807, 2.05) is 20.8 Å². The topological polar surface area (TPSA) is 72.2 Å². The molecule has 1 aromatic rings. The fourth-order valence-corrected chi connectivity index (χ4v) is 1.96. The molecular formula is C11H18N2O2S. The molecule has 0 saturated carbocycles. The second-order valence-corrected chi connectivity index (χ2v) is 5.93. The van der Waals surface area contributed by atoms with Gasteiger partial charge in [-0.25, -0.2) is 13.6 Å². The van der Waals surface area contributed by atoms with Crippen molar-refractivity contribution in [1.82, 2.24) is 0 Å². The van der Waals surface area contributed by atoms with Gasteiger partial charge in [0.25, 0.3) is 0 Å². The molecule has 5 heteroatoms. The summed E-state index contributed by atoms with van der Waals surface area (Å²) in [6.45, 7) is 6.05. The maximum atomic E-state index is 11.4. The van der Waals surface area contributed by atoms with E-state index in [2.05, 4.69) is 5.32 Å². The Hall–Kier alpha value is -1.07. The number of nitrogens with one attached hydrogen (secondary N) is 1. The molecule has 0 bridgehead atoms. The van der Waals surface area contributed by atoms with Gasteiger partial charge in [-0.15, -0.1) is 0 Å². The van der Waals surface area contributed by atoms with Crippen molar-refractivity contribution in [3.63, 3.8) is 0 Å². The van der Waals surface area contributed by atoms with Crippen molar-refractivity contribution in [3.8, 4) is 0 Å². The van der Waals surface area contributed by atoms with Crippen molar-refractivity contribution in [3.05, 3.63) is 24.3 Å². The standard InChI is InChI=1S/C11H18N2O2S/c1-4-11(2,3)13-9-7-5-6-8-10(9)16(12,14)15/h5-8,13H,4H2,1-3H3,(H2,12,14,15). The van der Waals surface area contributed by atoms with Crippen LogP contribution in [0.3, 0.4) is 0 Å². The van der Waals surface area contributed by atoms with Gasteiger partial charge >= 0.3 is 0 Å². The second-order valence-electron chi connectivity index (χ2n) is 4.40. The molecule has 0 unspecified atom stereocenters. The molecular weight excluding hydrogens is 224 g/mol. The van der Waals surface area contributed by atoms with Gasteiger partial charge in [0.05, 0.1) is 5.69 Å². The lowest BCUT2D eigenvalue weighted by Crippen LogP contribution is -2.30. The van der Waals surface area contributed by atoms with E-state index in [-0.39, 0.29) is 10.4 Å². The normalized spacial score (nSPS) is 12.5. The Morgan fingerprint density at radius 1 is 1.31 bits per heavy atom. The molecule has 90 valence electrons. The van der Waals surface area contributed by atoms with Gasteiger partial charge in [-0.05, 0) is 32.4 Å². The van der Waals surface area contributed by atoms with E-state index in [4.69, 9.17) is 5.14 Å². The molecule has 16 heavy (non-hydrogen) atoms. The number of rotatable bonds is 4. The van der Waals surface area contributed by atoms with Crippen LogP contribution in [-0.2, 0) is 10.0 Å². The van der Waals surface area contributed by atoms with Gasteiger partial charge in [0, 0.05) is 5.54 Å². The lowest BCUT2D eigenvalue weighted by atomic mass is 10.0. The summed E-state index contributed by atoms with van der Waals surface area (Å²) in [4.78, 5) is 0.136. The third-order valence-corrected chi connectivity index (χ3v) is 3.52. The second kappa shape index (κ2) is 4.43. The molecule has 0 amide bonds. The lowest BCUT2D eigenvalue weighted by Gasteiger charge is -2.26. The lowest BCUT2D eigenvalue weighted by molar-refractivity contribution is 0.545. The highest BCUT2D eigenvalue weighted by molar-refractivity contribution is 7.89. The van der Waals surface area contributed by atoms with Crippen LogP contribution >= 0.6 is 0 Å². The van der Waals surface area contributed by atoms with E-state index in [1.54, 1.807) is 18.2 Å². The van der Waals surface area contributed by atoms with Crippen molar-refractivity contribution in [2.75, 3.05) is 5.32 Å². The molecule has 0 aromatic heterocycles. The van der Waals surface area contributed by atoms with E-state index in [0.29, 0.717) is 5.69 Å². The Bertz CT molecular complexity index is 467. The van der Waals surface area contributed by atoms with Crippen LogP contribution in [0.15, 0.2) is 29.2 Å². The number of nitrogens with two attached hydrogens (primary N) is 1. The van der Waals surface area contributed by atoms with E-state index < -0.39 is 10.0 Å². The molecule has 0 fully saturated rings. The van der Waals surface area contributed by atoms with Crippen molar-refractivity contribution >= 4 is 15.7 Å². The van der Waals surface area contributed by atoms with E-state index >= 15 is 0 Å². The number of primary sulfonamides is 1. The zero-order valence-corrected chi connectivity index (χ0v) is 10.6. The van der Waals surface area contributed by atoms with E-state index in [9.17, 15) is 8.42 Å². The maximum Gasteiger partial charge on any atom is 0.240 e. The van der Waals surface area contributed by atoms with Crippen LogP contribution in [0.2, 0.25) is 0 Å². The minimum Gasteiger partial charge on any atom is -0.379 e. The van der Waals surface area contributed by atoms with Crippen LogP contribution in [-0.4, -0.2) is 14.0 Å². The van der Waals surface area contributed by atoms with Gasteiger partial charge in [0.1, 0.15) is 4.90 Å². The molecule has 1 aromatic carbocycles. The molecule has 1 rings (SSSR count). The average molecular weight is 242 g/mol. The molecule has 0 atom stereocenters. The number of benzene rings is 1. The number of para-hydroxylation sites is 1. The molecule has 3 N–H and O–H groups in total. The molecule has 4 nitrogen and oxygen atoms in total. The highest BCUT2D eigenvalue weighted by Gasteiger charge is 2.19. The van der Waals surface area contributed by atoms with Gasteiger partial charge in [0.2, 0.25) is 10.0 Å². The quantitative estimate of drug-likeness (QED) is 0.847. The fourth-order valence-electron chi connectivity index (χ4n) is 1.27. The van der Waals surface area contributed by atoms with Crippen LogP contribution in [0.4, 0.5) is 5.69 Å². The Labute approximate surface area is 96.9 Å². The number of hydrogen-bond donors (Lipinski definition) is 2. The zero-order valence-electron chi connectivity index (χ0n) is 9.82. The van der Waals surface area contributed by atoms with Gasteiger partial charge in [-0.1, -0.05) is 19.1 Å². The first-order valence-corrected chi connectivity index (χ1v) is 6.71. The first kappa shape index (κ1) is 13.0. The summed E-state index contributed by atoms with van der Waals surface area (Å²) in [5.74, 6) is 0. The van der Waals surface area contributed by atoms with Crippen LogP contribution in [0.25, 0.3) is 0 Å². The summed E-state index contributed by atoms with van der Waals surface area (Å²) in [5.41, 5.74) is 0.387. The van der Waals surface area contributed by atoms with Crippen molar-refractivity contribution < 1.29 is 8.42 Å². The van der Waals surface area contributed by atoms with Crippen molar-refractivity contribution in [1.29, 1.82) is 0 Å². The molecule has 0 aliphatic rings. The van der Waals surface area contributed by atoms with Crippen LogP contribution in [0, 0.1) is 0 Å². The average Bonchev–Trinajstić information content (AvgIpc) is 2.16. The van der Waals surface area contributed by atoms with Gasteiger partial charge in [-0.2, -0.15) is 0 Å². The van der Waals surface area contributed by atoms with E-state index in [0.717, 1.165) is 6.42 Å². The van der Waals surface area contributed by atoms with Crippen molar-refractivity contribution in [2.45, 2.75) is 37.6 Å². The number of sulfonamides is 1. The predicted molar refractivity (Wildman–Crippen MR) is 65.8 cm³/mol. The minimum absolute atomic E-state index is 0.136. The molecule has 0 spiro atoms. The highest BCUT2D eigenvalue weighted by atomic mass is 32.2. The fraction of sp³-hybridized carbons (Fsp3) is 0.455. The monoisotopic (exact) mass is 242 g/mol. The predicted octanol–water partition coefficient (Wildman–Crippen LogP) is 1.93. The first-order chi connectivity index (χ1) is 7.26. The van der Waals surface area contributed by atoms with Gasteiger partial charge in [-0.3, -0.25) is 0 Å². The van der Waals surface area contributed by atoms with E-state index in [1.165, 1.54) is 6.07 Å². The molecule has 0 saturated heterocycles. The summed E-state index contributed by atoms with van der Waals surface area (Å²) in [6.07, 6.45) is 0.881. The Morgan fingerprint density at radius 2 is 1.88 bits per heavy atom. The number of anilines is 1. The summed E-state index contributed by atoms with van der Waals surface area (Å²) < 4.78 is 22.7. The summed E-state index contributed by atoms with van der Waals surface area (Å²) >= 11 is 0. The summed E-state index contributed by atoms with van der Waals surface area (Å²) in [7, 11) is -3.68. The minimum atomic E-state index is -3.68. The van der Waals surface area contributed by atoms with Crippen LogP contribution in [0.1, 0.15) is 27.2 Å². The SMILES string of the molecule is CCC(C)(C)Nc1ccccc1S(N)(=O)=O. The molecule has 0 radical (unpaired) electrons. The summed E-state index contributed by atoms with van der Waals surface area (Å²) in [5, 5.41) is 8.33. The Balaban J connectivity index is 3.16. The van der Waals surface area contributed by atoms with Gasteiger partial charge < -0.3 is 5.32 Å². The van der Waals surface area contributed by atoms with Crippen LogP contribution in [0.5, 0.6) is 0 Å². The first-order valence-electron chi connectivity index (χ1n) is 5.16. The Morgan fingerprint density at radius 3 is 2.38 bits per heavy atom. The molecule has 0 heterocycles. The third kappa shape index (κ3) is 3.21.